The van der Waals surface area contributed by atoms with Crippen molar-refractivity contribution in [3.8, 4) is 0 Å². The Labute approximate surface area is 138 Å². The molecule has 0 saturated carbocycles. The minimum absolute atomic E-state index is 0.0921. The van der Waals surface area contributed by atoms with E-state index in [-0.39, 0.29) is 18.3 Å². The van der Waals surface area contributed by atoms with Crippen molar-refractivity contribution in [1.82, 2.24) is 9.62 Å². The van der Waals surface area contributed by atoms with E-state index in [2.05, 4.69) is 10.6 Å². The highest BCUT2D eigenvalue weighted by Crippen LogP contribution is 2.30. The van der Waals surface area contributed by atoms with Gasteiger partial charge in [0.2, 0.25) is 5.91 Å². The van der Waals surface area contributed by atoms with Gasteiger partial charge in [-0.3, -0.25) is 10.2 Å². The minimum atomic E-state index is -1.40. The molecule has 1 aromatic rings. The Bertz CT molecular complexity index is 638. The van der Waals surface area contributed by atoms with E-state index in [1.807, 2.05) is 0 Å². The molecule has 0 bridgehead atoms. The minimum Gasteiger partial charge on any atom is -0.597 e. The second-order valence-electron chi connectivity index (χ2n) is 6.06. The smallest absolute Gasteiger partial charge is 0.221 e. The molecule has 1 heterocycles. The number of anilines is 1. The molecule has 1 saturated heterocycles. The molecule has 0 aromatic heterocycles. The molecule has 1 aromatic carbocycles. The van der Waals surface area contributed by atoms with Gasteiger partial charge in [0.1, 0.15) is 5.82 Å². The van der Waals surface area contributed by atoms with Gasteiger partial charge in [-0.2, -0.15) is 0 Å². The number of amides is 1. The molecule has 1 aliphatic heterocycles. The maximum atomic E-state index is 14.3. The number of hydrogen-bond acceptors (Lipinski definition) is 4. The van der Waals surface area contributed by atoms with Crippen LogP contribution in [0.1, 0.15) is 32.4 Å². The molecule has 1 fully saturated rings. The van der Waals surface area contributed by atoms with Gasteiger partial charge in [-0.05, 0) is 32.0 Å². The number of amidine groups is 1. The SMILES string of the molecule is CC(=O)Nc1ccc(F)c(C2CN(C)[S+]([O-])C(C)(C)C(=N)N2)c1. The van der Waals surface area contributed by atoms with Crippen LogP contribution < -0.4 is 10.6 Å². The Balaban J connectivity index is 2.37. The molecule has 0 aliphatic carbocycles. The summed E-state index contributed by atoms with van der Waals surface area (Å²) < 4.78 is 27.4. The van der Waals surface area contributed by atoms with E-state index in [9.17, 15) is 13.7 Å². The number of rotatable bonds is 2. The lowest BCUT2D eigenvalue weighted by molar-refractivity contribution is -0.114. The van der Waals surface area contributed by atoms with Gasteiger partial charge >= 0.3 is 0 Å². The molecule has 2 unspecified atom stereocenters. The third-order valence-corrected chi connectivity index (χ3v) is 5.56. The molecule has 23 heavy (non-hydrogen) atoms. The number of benzene rings is 1. The third-order valence-electron chi connectivity index (χ3n) is 3.77. The molecular formula is C15H21FN4O2S. The van der Waals surface area contributed by atoms with Crippen LogP contribution >= 0.6 is 0 Å². The average Bonchev–Trinajstić information content (AvgIpc) is 2.52. The number of halogens is 1. The van der Waals surface area contributed by atoms with Gasteiger partial charge in [-0.1, -0.05) is 0 Å². The summed E-state index contributed by atoms with van der Waals surface area (Å²) in [6, 6.07) is 3.76. The van der Waals surface area contributed by atoms with Crippen molar-refractivity contribution in [3.05, 3.63) is 29.6 Å². The summed E-state index contributed by atoms with van der Waals surface area (Å²) in [5, 5.41) is 13.7. The van der Waals surface area contributed by atoms with E-state index in [1.165, 1.54) is 25.1 Å². The maximum absolute atomic E-state index is 14.3. The molecule has 2 rings (SSSR count). The van der Waals surface area contributed by atoms with E-state index in [1.54, 1.807) is 25.2 Å². The Morgan fingerprint density at radius 3 is 2.83 bits per heavy atom. The van der Waals surface area contributed by atoms with Crippen LogP contribution in [0.4, 0.5) is 10.1 Å². The van der Waals surface area contributed by atoms with Gasteiger partial charge in [-0.25, -0.2) is 4.39 Å². The van der Waals surface area contributed by atoms with Gasteiger partial charge in [-0.15, -0.1) is 4.31 Å². The van der Waals surface area contributed by atoms with Crippen LogP contribution in [0, 0.1) is 11.2 Å². The summed E-state index contributed by atoms with van der Waals surface area (Å²) >= 11 is -1.40. The molecule has 1 amide bonds. The number of carbonyl (C=O) groups is 1. The first-order valence-corrected chi connectivity index (χ1v) is 8.29. The zero-order valence-corrected chi connectivity index (χ0v) is 14.4. The first kappa shape index (κ1) is 17.7. The Kier molecular flexibility index (Phi) is 4.98. The first-order chi connectivity index (χ1) is 10.6. The molecule has 0 radical (unpaired) electrons. The molecule has 8 heteroatoms. The normalized spacial score (nSPS) is 24.7. The number of hydrogen-bond donors (Lipinski definition) is 3. The van der Waals surface area contributed by atoms with Crippen LogP contribution in [-0.4, -0.2) is 38.9 Å². The lowest BCUT2D eigenvalue weighted by Gasteiger charge is -2.29. The number of nitrogens with one attached hydrogen (secondary N) is 3. The van der Waals surface area contributed by atoms with Crippen LogP contribution in [0.5, 0.6) is 0 Å². The van der Waals surface area contributed by atoms with E-state index in [4.69, 9.17) is 5.41 Å². The summed E-state index contributed by atoms with van der Waals surface area (Å²) in [4.78, 5) is 11.2. The molecule has 3 N–H and O–H groups in total. The van der Waals surface area contributed by atoms with E-state index in [0.29, 0.717) is 11.3 Å². The van der Waals surface area contributed by atoms with E-state index >= 15 is 0 Å². The van der Waals surface area contributed by atoms with Crippen molar-refractivity contribution in [2.45, 2.75) is 31.6 Å². The second-order valence-corrected chi connectivity index (χ2v) is 8.20. The zero-order chi connectivity index (χ0) is 17.4. The molecule has 126 valence electrons. The number of nitrogens with zero attached hydrogens (tertiary/aromatic N) is 1. The predicted molar refractivity (Wildman–Crippen MR) is 89.2 cm³/mol. The van der Waals surface area contributed by atoms with E-state index < -0.39 is 28.0 Å². The predicted octanol–water partition coefficient (Wildman–Crippen LogP) is 1.78. The van der Waals surface area contributed by atoms with Gasteiger partial charge in [0.15, 0.2) is 10.6 Å². The molecular weight excluding hydrogens is 319 g/mol. The molecule has 1 aliphatic rings. The number of carbonyl (C=O) groups excluding carboxylic acids is 1. The molecule has 6 nitrogen and oxygen atoms in total. The Hall–Kier alpha value is -1.64. The summed E-state index contributed by atoms with van der Waals surface area (Å²) in [7, 11) is 1.68. The van der Waals surface area contributed by atoms with Crippen LogP contribution in [0.15, 0.2) is 18.2 Å². The summed E-state index contributed by atoms with van der Waals surface area (Å²) in [6.45, 7) is 5.07. The highest BCUT2D eigenvalue weighted by molar-refractivity contribution is 7.91. The second kappa shape index (κ2) is 6.46. The van der Waals surface area contributed by atoms with Crippen LogP contribution in [0.3, 0.4) is 0 Å². The van der Waals surface area contributed by atoms with Gasteiger partial charge in [0, 0.05) is 25.2 Å². The fourth-order valence-electron chi connectivity index (χ4n) is 2.46. The Morgan fingerprint density at radius 2 is 2.22 bits per heavy atom. The lowest BCUT2D eigenvalue weighted by atomic mass is 10.0. The van der Waals surface area contributed by atoms with Crippen molar-refractivity contribution >= 4 is 28.8 Å². The largest absolute Gasteiger partial charge is 0.597 e. The van der Waals surface area contributed by atoms with Gasteiger partial charge < -0.3 is 15.2 Å². The fourth-order valence-corrected chi connectivity index (χ4v) is 3.76. The standard InChI is InChI=1S/C15H21FN4O2S/c1-9(21)18-10-5-6-12(16)11(7-10)13-8-20(4)23(22)15(2,3)14(17)19-13/h5-7,13H,8H2,1-4H3,(H2,17,19)(H,18,21). The number of likely N-dealkylation sites (N-methyl/N-ethyl adjacent to an activating group) is 1. The van der Waals surface area contributed by atoms with Crippen molar-refractivity contribution in [2.24, 2.45) is 0 Å². The average molecular weight is 340 g/mol. The van der Waals surface area contributed by atoms with E-state index in [0.717, 1.165) is 0 Å². The van der Waals surface area contributed by atoms with Crippen LogP contribution in [0.25, 0.3) is 0 Å². The van der Waals surface area contributed by atoms with Crippen molar-refractivity contribution in [2.75, 3.05) is 18.9 Å². The van der Waals surface area contributed by atoms with Crippen LogP contribution in [0.2, 0.25) is 0 Å². The maximum Gasteiger partial charge on any atom is 0.221 e. The third kappa shape index (κ3) is 3.65. The topological polar surface area (TPSA) is 91.3 Å². The summed E-state index contributed by atoms with van der Waals surface area (Å²) in [6.07, 6.45) is 0. The van der Waals surface area contributed by atoms with Gasteiger partial charge in [0.25, 0.3) is 0 Å². The highest BCUT2D eigenvalue weighted by atomic mass is 32.2. The summed E-state index contributed by atoms with van der Waals surface area (Å²) in [5.74, 6) is -0.596. The van der Waals surface area contributed by atoms with Crippen molar-refractivity contribution < 1.29 is 13.7 Å². The molecule has 0 spiro atoms. The van der Waals surface area contributed by atoms with Crippen LogP contribution in [-0.2, 0) is 16.2 Å². The highest BCUT2D eigenvalue weighted by Gasteiger charge is 2.45. The summed E-state index contributed by atoms with van der Waals surface area (Å²) in [5.41, 5.74) is 0.803. The fraction of sp³-hybridized carbons (Fsp3) is 0.467. The van der Waals surface area contributed by atoms with Crippen molar-refractivity contribution in [1.29, 1.82) is 5.41 Å². The van der Waals surface area contributed by atoms with Crippen molar-refractivity contribution in [3.63, 3.8) is 0 Å². The quantitative estimate of drug-likeness (QED) is 0.716. The molecule has 2 atom stereocenters. The Morgan fingerprint density at radius 1 is 1.57 bits per heavy atom. The first-order valence-electron chi connectivity index (χ1n) is 7.18. The van der Waals surface area contributed by atoms with Gasteiger partial charge in [0.05, 0.1) is 23.9 Å². The lowest BCUT2D eigenvalue weighted by Crippen LogP contribution is -2.48. The monoisotopic (exact) mass is 340 g/mol. The zero-order valence-electron chi connectivity index (χ0n) is 13.6.